The van der Waals surface area contributed by atoms with Gasteiger partial charge in [0.05, 0.1) is 11.2 Å². The Bertz CT molecular complexity index is 297. The maximum atomic E-state index is 6.18. The van der Waals surface area contributed by atoms with E-state index < -0.39 is 0 Å². The van der Waals surface area contributed by atoms with E-state index in [1.807, 2.05) is 0 Å². The molecule has 1 aliphatic carbocycles. The van der Waals surface area contributed by atoms with Crippen molar-refractivity contribution in [2.24, 2.45) is 11.8 Å². The van der Waals surface area contributed by atoms with Gasteiger partial charge in [0.15, 0.2) is 0 Å². The van der Waals surface area contributed by atoms with Gasteiger partial charge in [0.25, 0.3) is 0 Å². The minimum atomic E-state index is -0.0354. The average Bonchev–Trinajstić information content (AvgIpc) is 2.39. The molecular weight excluding hydrogens is 222 g/mol. The molecule has 4 atom stereocenters. The van der Waals surface area contributed by atoms with Crippen molar-refractivity contribution in [2.75, 3.05) is 0 Å². The molecule has 2 fully saturated rings. The average molecular weight is 253 g/mol. The van der Waals surface area contributed by atoms with E-state index >= 15 is 0 Å². The molecule has 0 aromatic heterocycles. The Morgan fingerprint density at radius 3 is 2.22 bits per heavy atom. The van der Waals surface area contributed by atoms with E-state index in [2.05, 4.69) is 46.9 Å². The SMILES string of the molecule is CC1CCC(NC2CC(C)(C)OC2(C)C)C(C)C1. The van der Waals surface area contributed by atoms with Gasteiger partial charge in [-0.1, -0.05) is 13.8 Å². The first-order chi connectivity index (χ1) is 8.20. The third kappa shape index (κ3) is 3.08. The van der Waals surface area contributed by atoms with Gasteiger partial charge in [0.2, 0.25) is 0 Å². The van der Waals surface area contributed by atoms with Crippen LogP contribution in [0.15, 0.2) is 0 Å². The molecule has 0 aromatic rings. The zero-order chi connectivity index (χ0) is 13.6. The molecule has 0 spiro atoms. The number of hydrogen-bond acceptors (Lipinski definition) is 2. The summed E-state index contributed by atoms with van der Waals surface area (Å²) in [5, 5.41) is 3.91. The van der Waals surface area contributed by atoms with Crippen LogP contribution >= 0.6 is 0 Å². The Balaban J connectivity index is 1.97. The molecule has 18 heavy (non-hydrogen) atoms. The fraction of sp³-hybridized carbons (Fsp3) is 1.00. The van der Waals surface area contributed by atoms with Crippen molar-refractivity contribution in [2.45, 2.75) is 90.5 Å². The lowest BCUT2D eigenvalue weighted by atomic mass is 9.79. The highest BCUT2D eigenvalue weighted by atomic mass is 16.5. The lowest BCUT2D eigenvalue weighted by Gasteiger charge is -2.38. The number of nitrogens with one attached hydrogen (secondary N) is 1. The van der Waals surface area contributed by atoms with Crippen LogP contribution in [0, 0.1) is 11.8 Å². The Hall–Kier alpha value is -0.0800. The normalized spacial score (nSPS) is 43.0. The van der Waals surface area contributed by atoms with Crippen molar-refractivity contribution in [1.82, 2.24) is 5.32 Å². The molecule has 2 rings (SSSR count). The van der Waals surface area contributed by atoms with Gasteiger partial charge in [-0.15, -0.1) is 0 Å². The molecule has 2 nitrogen and oxygen atoms in total. The summed E-state index contributed by atoms with van der Waals surface area (Å²) < 4.78 is 6.18. The second-order valence-electron chi connectivity index (χ2n) is 7.89. The van der Waals surface area contributed by atoms with Gasteiger partial charge >= 0.3 is 0 Å². The summed E-state index contributed by atoms with van der Waals surface area (Å²) in [6.45, 7) is 13.7. The van der Waals surface area contributed by atoms with E-state index in [1.165, 1.54) is 19.3 Å². The van der Waals surface area contributed by atoms with Gasteiger partial charge in [-0.25, -0.2) is 0 Å². The van der Waals surface area contributed by atoms with Crippen LogP contribution in [0.2, 0.25) is 0 Å². The molecular formula is C16H31NO. The van der Waals surface area contributed by atoms with Crippen LogP contribution < -0.4 is 5.32 Å². The molecule has 0 radical (unpaired) electrons. The predicted octanol–water partition coefficient (Wildman–Crippen LogP) is 3.75. The van der Waals surface area contributed by atoms with Gasteiger partial charge in [0, 0.05) is 12.1 Å². The Labute approximate surface area is 113 Å². The third-order valence-corrected chi connectivity index (χ3v) is 4.92. The number of hydrogen-bond donors (Lipinski definition) is 1. The molecule has 1 N–H and O–H groups in total. The molecule has 1 heterocycles. The zero-order valence-electron chi connectivity index (χ0n) is 13.0. The van der Waals surface area contributed by atoms with Crippen molar-refractivity contribution in [3.05, 3.63) is 0 Å². The standard InChI is InChI=1S/C16H31NO/c1-11-7-8-13(12(2)9-11)17-14-10-15(3,4)18-16(14,5)6/h11-14,17H,7-10H2,1-6H3. The van der Waals surface area contributed by atoms with Crippen LogP contribution in [0.3, 0.4) is 0 Å². The first-order valence-electron chi connectivity index (χ1n) is 7.66. The minimum absolute atomic E-state index is 0.0202. The van der Waals surface area contributed by atoms with Gasteiger partial charge in [-0.2, -0.15) is 0 Å². The molecule has 0 amide bonds. The highest BCUT2D eigenvalue weighted by Gasteiger charge is 2.46. The van der Waals surface area contributed by atoms with Gasteiger partial charge in [0.1, 0.15) is 0 Å². The molecule has 106 valence electrons. The molecule has 2 heteroatoms. The topological polar surface area (TPSA) is 21.3 Å². The number of rotatable bonds is 2. The van der Waals surface area contributed by atoms with Crippen molar-refractivity contribution in [3.63, 3.8) is 0 Å². The molecule has 0 bridgehead atoms. The first-order valence-corrected chi connectivity index (χ1v) is 7.66. The highest BCUT2D eigenvalue weighted by Crippen LogP contribution is 2.39. The van der Waals surface area contributed by atoms with E-state index in [0.29, 0.717) is 12.1 Å². The van der Waals surface area contributed by atoms with Crippen LogP contribution in [-0.4, -0.2) is 23.3 Å². The van der Waals surface area contributed by atoms with Crippen molar-refractivity contribution >= 4 is 0 Å². The van der Waals surface area contributed by atoms with Gasteiger partial charge in [-0.05, 0) is 65.2 Å². The third-order valence-electron chi connectivity index (χ3n) is 4.92. The summed E-state index contributed by atoms with van der Waals surface area (Å²) in [5.41, 5.74) is -0.0152. The van der Waals surface area contributed by atoms with Crippen LogP contribution in [0.25, 0.3) is 0 Å². The fourth-order valence-corrected chi connectivity index (χ4v) is 3.99. The predicted molar refractivity (Wildman–Crippen MR) is 76.8 cm³/mol. The van der Waals surface area contributed by atoms with Crippen LogP contribution in [0.5, 0.6) is 0 Å². The van der Waals surface area contributed by atoms with E-state index in [4.69, 9.17) is 4.74 Å². The summed E-state index contributed by atoms with van der Waals surface area (Å²) in [4.78, 5) is 0. The molecule has 2 aliphatic rings. The molecule has 0 aromatic carbocycles. The Kier molecular flexibility index (Phi) is 3.81. The summed E-state index contributed by atoms with van der Waals surface area (Å²) in [7, 11) is 0. The van der Waals surface area contributed by atoms with Crippen molar-refractivity contribution in [3.8, 4) is 0 Å². The van der Waals surface area contributed by atoms with E-state index in [1.54, 1.807) is 0 Å². The maximum absolute atomic E-state index is 6.18. The smallest absolute Gasteiger partial charge is 0.0787 e. The first kappa shape index (κ1) is 14.3. The van der Waals surface area contributed by atoms with Crippen molar-refractivity contribution < 1.29 is 4.74 Å². The summed E-state index contributed by atoms with van der Waals surface area (Å²) >= 11 is 0. The van der Waals surface area contributed by atoms with Crippen LogP contribution in [-0.2, 0) is 4.74 Å². The monoisotopic (exact) mass is 253 g/mol. The van der Waals surface area contributed by atoms with E-state index in [-0.39, 0.29) is 11.2 Å². The molecule has 1 aliphatic heterocycles. The van der Waals surface area contributed by atoms with Crippen LogP contribution in [0.1, 0.15) is 67.2 Å². The zero-order valence-corrected chi connectivity index (χ0v) is 13.0. The molecule has 1 saturated heterocycles. The highest BCUT2D eigenvalue weighted by molar-refractivity contribution is 5.00. The molecule has 4 unspecified atom stereocenters. The van der Waals surface area contributed by atoms with Gasteiger partial charge < -0.3 is 10.1 Å². The van der Waals surface area contributed by atoms with Gasteiger partial charge in [-0.3, -0.25) is 0 Å². The number of ether oxygens (including phenoxy) is 1. The summed E-state index contributed by atoms with van der Waals surface area (Å²) in [6, 6.07) is 1.18. The minimum Gasteiger partial charge on any atom is -0.368 e. The summed E-state index contributed by atoms with van der Waals surface area (Å²) in [5.74, 6) is 1.70. The van der Waals surface area contributed by atoms with E-state index in [9.17, 15) is 0 Å². The van der Waals surface area contributed by atoms with Crippen LogP contribution in [0.4, 0.5) is 0 Å². The van der Waals surface area contributed by atoms with Crippen molar-refractivity contribution in [1.29, 1.82) is 0 Å². The fourth-order valence-electron chi connectivity index (χ4n) is 3.99. The lowest BCUT2D eigenvalue weighted by Crippen LogP contribution is -2.51. The molecule has 1 saturated carbocycles. The Morgan fingerprint density at radius 1 is 1.06 bits per heavy atom. The Morgan fingerprint density at radius 2 is 1.72 bits per heavy atom. The maximum Gasteiger partial charge on any atom is 0.0787 e. The second kappa shape index (κ2) is 4.79. The lowest BCUT2D eigenvalue weighted by molar-refractivity contribution is -0.0711. The second-order valence-corrected chi connectivity index (χ2v) is 7.89. The largest absolute Gasteiger partial charge is 0.368 e. The summed E-state index contributed by atoms with van der Waals surface area (Å²) in [6.07, 6.45) is 5.20. The van der Waals surface area contributed by atoms with E-state index in [0.717, 1.165) is 18.3 Å². The quantitative estimate of drug-likeness (QED) is 0.809.